The molecule has 16 heavy (non-hydrogen) atoms. The van der Waals surface area contributed by atoms with Gasteiger partial charge in [-0.3, -0.25) is 4.79 Å². The quantitative estimate of drug-likeness (QED) is 0.717. The zero-order valence-electron chi connectivity index (χ0n) is 9.89. The fourth-order valence-electron chi connectivity index (χ4n) is 2.81. The van der Waals surface area contributed by atoms with Crippen molar-refractivity contribution in [2.45, 2.75) is 33.1 Å². The maximum absolute atomic E-state index is 12.2. The largest absolute Gasteiger partial charge is 0.292 e. The molecule has 2 atom stereocenters. The average Bonchev–Trinajstić information content (AvgIpc) is 2.28. The van der Waals surface area contributed by atoms with Gasteiger partial charge in [0.05, 0.1) is 0 Å². The molecular weight excluding hydrogens is 200 g/mol. The highest BCUT2D eigenvalue weighted by Gasteiger charge is 2.29. The summed E-state index contributed by atoms with van der Waals surface area (Å²) in [6, 6.07) is 1.71. The van der Waals surface area contributed by atoms with Crippen LogP contribution < -0.4 is 0 Å². The molecule has 0 aromatic carbocycles. The van der Waals surface area contributed by atoms with Crippen LogP contribution in [0, 0.1) is 17.8 Å². The lowest BCUT2D eigenvalue weighted by Gasteiger charge is -2.30. The van der Waals surface area contributed by atoms with Gasteiger partial charge in [0.25, 0.3) is 0 Å². The van der Waals surface area contributed by atoms with Crippen LogP contribution in [-0.4, -0.2) is 15.8 Å². The monoisotopic (exact) mass is 218 g/mol. The number of nitrogens with zero attached hydrogens (tertiary/aromatic N) is 2. The summed E-state index contributed by atoms with van der Waals surface area (Å²) in [4.78, 5) is 20.1. The van der Waals surface area contributed by atoms with Gasteiger partial charge in [-0.25, -0.2) is 9.97 Å². The molecule has 0 spiro atoms. The molecule has 0 N–H and O–H groups in total. The SMILES string of the molecule is CC1CC(C)CC(C(=O)c2ccncn2)C1. The Bertz CT molecular complexity index is 353. The van der Waals surface area contributed by atoms with E-state index in [0.717, 1.165) is 12.8 Å². The first-order valence-corrected chi connectivity index (χ1v) is 5.97. The molecule has 0 saturated heterocycles. The Labute approximate surface area is 96.3 Å². The average molecular weight is 218 g/mol. The zero-order chi connectivity index (χ0) is 11.5. The molecule has 1 fully saturated rings. The number of ketones is 1. The molecule has 0 aliphatic heterocycles. The molecule has 1 aromatic heterocycles. The first kappa shape index (κ1) is 11.2. The van der Waals surface area contributed by atoms with Crippen molar-refractivity contribution < 1.29 is 4.79 Å². The number of carbonyl (C=O) groups is 1. The smallest absolute Gasteiger partial charge is 0.184 e. The first-order chi connectivity index (χ1) is 7.66. The summed E-state index contributed by atoms with van der Waals surface area (Å²) in [6.45, 7) is 4.46. The van der Waals surface area contributed by atoms with Crippen molar-refractivity contribution in [2.24, 2.45) is 17.8 Å². The number of carbonyl (C=O) groups excluding carboxylic acids is 1. The van der Waals surface area contributed by atoms with Crippen LogP contribution in [0.25, 0.3) is 0 Å². The van der Waals surface area contributed by atoms with Gasteiger partial charge < -0.3 is 0 Å². The minimum Gasteiger partial charge on any atom is -0.292 e. The second-order valence-corrected chi connectivity index (χ2v) is 5.07. The number of hydrogen-bond donors (Lipinski definition) is 0. The van der Waals surface area contributed by atoms with E-state index >= 15 is 0 Å². The van der Waals surface area contributed by atoms with Gasteiger partial charge in [0.2, 0.25) is 0 Å². The maximum atomic E-state index is 12.2. The molecule has 0 amide bonds. The highest BCUT2D eigenvalue weighted by Crippen LogP contribution is 2.34. The molecule has 1 aliphatic carbocycles. The van der Waals surface area contributed by atoms with Crippen LogP contribution >= 0.6 is 0 Å². The molecular formula is C13H18N2O. The molecule has 1 aliphatic rings. The van der Waals surface area contributed by atoms with Crippen molar-refractivity contribution in [1.29, 1.82) is 0 Å². The van der Waals surface area contributed by atoms with Crippen molar-refractivity contribution >= 4 is 5.78 Å². The molecule has 86 valence electrons. The lowest BCUT2D eigenvalue weighted by Crippen LogP contribution is -2.26. The lowest BCUT2D eigenvalue weighted by molar-refractivity contribution is 0.0830. The van der Waals surface area contributed by atoms with Crippen LogP contribution in [0.1, 0.15) is 43.6 Å². The summed E-state index contributed by atoms with van der Waals surface area (Å²) < 4.78 is 0. The molecule has 1 saturated carbocycles. The third-order valence-electron chi connectivity index (χ3n) is 3.38. The third-order valence-corrected chi connectivity index (χ3v) is 3.38. The number of rotatable bonds is 2. The molecule has 2 unspecified atom stereocenters. The Hall–Kier alpha value is -1.25. The predicted molar refractivity (Wildman–Crippen MR) is 62.0 cm³/mol. The topological polar surface area (TPSA) is 42.9 Å². The van der Waals surface area contributed by atoms with Gasteiger partial charge in [-0.1, -0.05) is 13.8 Å². The van der Waals surface area contributed by atoms with Crippen LogP contribution in [0.15, 0.2) is 18.6 Å². The number of Topliss-reactive ketones (excluding diaryl/α,β-unsaturated/α-hetero) is 1. The Morgan fingerprint density at radius 3 is 2.50 bits per heavy atom. The fourth-order valence-corrected chi connectivity index (χ4v) is 2.81. The predicted octanol–water partition coefficient (Wildman–Crippen LogP) is 2.73. The van der Waals surface area contributed by atoms with Gasteiger partial charge in [0.1, 0.15) is 12.0 Å². The highest BCUT2D eigenvalue weighted by molar-refractivity contribution is 5.96. The first-order valence-electron chi connectivity index (χ1n) is 5.97. The zero-order valence-corrected chi connectivity index (χ0v) is 9.89. The molecule has 1 heterocycles. The van der Waals surface area contributed by atoms with Crippen molar-refractivity contribution in [2.75, 3.05) is 0 Å². The van der Waals surface area contributed by atoms with Gasteiger partial charge in [0, 0.05) is 12.1 Å². The number of hydrogen-bond acceptors (Lipinski definition) is 3. The van der Waals surface area contributed by atoms with Gasteiger partial charge in [-0.2, -0.15) is 0 Å². The Morgan fingerprint density at radius 2 is 1.94 bits per heavy atom. The normalized spacial score (nSPS) is 30.0. The molecule has 0 bridgehead atoms. The van der Waals surface area contributed by atoms with Crippen LogP contribution in [-0.2, 0) is 0 Å². The molecule has 3 nitrogen and oxygen atoms in total. The van der Waals surface area contributed by atoms with Gasteiger partial charge in [-0.05, 0) is 37.2 Å². The molecule has 1 aromatic rings. The molecule has 3 heteroatoms. The second kappa shape index (κ2) is 4.73. The van der Waals surface area contributed by atoms with E-state index in [0.29, 0.717) is 17.5 Å². The van der Waals surface area contributed by atoms with Crippen LogP contribution in [0.4, 0.5) is 0 Å². The Balaban J connectivity index is 2.10. The second-order valence-electron chi connectivity index (χ2n) is 5.07. The van der Waals surface area contributed by atoms with E-state index in [9.17, 15) is 4.79 Å². The van der Waals surface area contributed by atoms with Crippen LogP contribution in [0.2, 0.25) is 0 Å². The summed E-state index contributed by atoms with van der Waals surface area (Å²) >= 11 is 0. The minimum absolute atomic E-state index is 0.161. The fraction of sp³-hybridized carbons (Fsp3) is 0.615. The van der Waals surface area contributed by atoms with Gasteiger partial charge in [0.15, 0.2) is 5.78 Å². The number of aromatic nitrogens is 2. The Morgan fingerprint density at radius 1 is 1.25 bits per heavy atom. The van der Waals surface area contributed by atoms with Crippen molar-refractivity contribution in [1.82, 2.24) is 9.97 Å². The summed E-state index contributed by atoms with van der Waals surface area (Å²) in [5.41, 5.74) is 0.571. The minimum atomic E-state index is 0.161. The van der Waals surface area contributed by atoms with Crippen molar-refractivity contribution in [3.8, 4) is 0 Å². The lowest BCUT2D eigenvalue weighted by atomic mass is 9.74. The van der Waals surface area contributed by atoms with E-state index in [-0.39, 0.29) is 11.7 Å². The summed E-state index contributed by atoms with van der Waals surface area (Å²) in [5, 5.41) is 0. The standard InChI is InChI=1S/C13H18N2O/c1-9-5-10(2)7-11(6-9)13(16)12-3-4-14-8-15-12/h3-4,8-11H,5-7H2,1-2H3. The van der Waals surface area contributed by atoms with Crippen molar-refractivity contribution in [3.63, 3.8) is 0 Å². The van der Waals surface area contributed by atoms with Gasteiger partial charge in [-0.15, -0.1) is 0 Å². The summed E-state index contributed by atoms with van der Waals surface area (Å²) in [7, 11) is 0. The van der Waals surface area contributed by atoms with E-state index in [1.165, 1.54) is 12.7 Å². The van der Waals surface area contributed by atoms with Crippen LogP contribution in [0.3, 0.4) is 0 Å². The van der Waals surface area contributed by atoms with E-state index < -0.39 is 0 Å². The van der Waals surface area contributed by atoms with E-state index in [1.807, 2.05) is 0 Å². The van der Waals surface area contributed by atoms with Gasteiger partial charge >= 0.3 is 0 Å². The summed E-state index contributed by atoms with van der Waals surface area (Å²) in [6.07, 6.45) is 6.34. The maximum Gasteiger partial charge on any atom is 0.184 e. The van der Waals surface area contributed by atoms with Crippen LogP contribution in [0.5, 0.6) is 0 Å². The summed E-state index contributed by atoms with van der Waals surface area (Å²) in [5.74, 6) is 1.66. The van der Waals surface area contributed by atoms with E-state index in [1.54, 1.807) is 12.3 Å². The van der Waals surface area contributed by atoms with Crippen molar-refractivity contribution in [3.05, 3.63) is 24.3 Å². The molecule has 0 radical (unpaired) electrons. The third kappa shape index (κ3) is 2.46. The Kier molecular flexibility index (Phi) is 3.32. The highest BCUT2D eigenvalue weighted by atomic mass is 16.1. The van der Waals surface area contributed by atoms with E-state index in [2.05, 4.69) is 23.8 Å². The van der Waals surface area contributed by atoms with E-state index in [4.69, 9.17) is 0 Å². The molecule has 2 rings (SSSR count).